The fraction of sp³-hybridized carbons (Fsp3) is 0.417. The summed E-state index contributed by atoms with van der Waals surface area (Å²) >= 11 is 0. The molecule has 3 N–H and O–H groups in total. The Hall–Kier alpha value is -2.11. The molecule has 6 nitrogen and oxygen atoms in total. The average Bonchev–Trinajstić information content (AvgIpc) is 2.83. The van der Waals surface area contributed by atoms with Crippen LogP contribution >= 0.6 is 0 Å². The summed E-state index contributed by atoms with van der Waals surface area (Å²) < 4.78 is 5.02. The van der Waals surface area contributed by atoms with E-state index in [2.05, 4.69) is 20.4 Å². The second-order valence-corrected chi connectivity index (χ2v) is 4.43. The first-order valence-corrected chi connectivity index (χ1v) is 5.85. The first kappa shape index (κ1) is 12.3. The van der Waals surface area contributed by atoms with Gasteiger partial charge in [-0.25, -0.2) is 9.97 Å². The summed E-state index contributed by atoms with van der Waals surface area (Å²) in [6.45, 7) is 6.48. The molecule has 0 atom stereocenters. The molecule has 0 amide bonds. The van der Waals surface area contributed by atoms with Crippen LogP contribution in [0.5, 0.6) is 0 Å². The summed E-state index contributed by atoms with van der Waals surface area (Å²) in [5, 5.41) is 6.83. The van der Waals surface area contributed by atoms with Gasteiger partial charge in [0, 0.05) is 17.5 Å². The van der Waals surface area contributed by atoms with E-state index in [4.69, 9.17) is 10.3 Å². The number of nitrogens with zero attached hydrogens (tertiary/aromatic N) is 3. The zero-order chi connectivity index (χ0) is 13.1. The van der Waals surface area contributed by atoms with E-state index in [1.807, 2.05) is 20.8 Å². The molecule has 0 aliphatic rings. The summed E-state index contributed by atoms with van der Waals surface area (Å²) in [6, 6.07) is 1.80. The van der Waals surface area contributed by atoms with E-state index in [-0.39, 0.29) is 5.92 Å². The zero-order valence-corrected chi connectivity index (χ0v) is 10.8. The molecular weight excluding hydrogens is 230 g/mol. The average molecular weight is 247 g/mol. The van der Waals surface area contributed by atoms with Crippen LogP contribution in [-0.4, -0.2) is 15.1 Å². The van der Waals surface area contributed by atoms with Crippen LogP contribution in [0.3, 0.4) is 0 Å². The van der Waals surface area contributed by atoms with Gasteiger partial charge in [0.2, 0.25) is 0 Å². The van der Waals surface area contributed by atoms with Crippen LogP contribution in [0, 0.1) is 6.92 Å². The van der Waals surface area contributed by atoms with Crippen molar-refractivity contribution in [1.82, 2.24) is 15.1 Å². The molecule has 0 saturated carbocycles. The number of anilines is 2. The predicted octanol–water partition coefficient (Wildman–Crippen LogP) is 2.09. The van der Waals surface area contributed by atoms with Gasteiger partial charge < -0.3 is 15.6 Å². The van der Waals surface area contributed by atoms with Gasteiger partial charge in [0.05, 0.1) is 12.7 Å². The molecule has 0 spiro atoms. The van der Waals surface area contributed by atoms with Gasteiger partial charge in [-0.3, -0.25) is 0 Å². The Balaban J connectivity index is 2.20. The number of hydrogen-bond acceptors (Lipinski definition) is 6. The topological polar surface area (TPSA) is 89.9 Å². The van der Waals surface area contributed by atoms with Gasteiger partial charge in [0.15, 0.2) is 5.76 Å². The van der Waals surface area contributed by atoms with Crippen molar-refractivity contribution in [2.24, 2.45) is 0 Å². The van der Waals surface area contributed by atoms with Gasteiger partial charge >= 0.3 is 0 Å². The Kier molecular flexibility index (Phi) is 3.45. The quantitative estimate of drug-likeness (QED) is 0.859. The molecule has 2 rings (SSSR count). The van der Waals surface area contributed by atoms with Gasteiger partial charge in [-0.15, -0.1) is 0 Å². The van der Waals surface area contributed by atoms with Crippen molar-refractivity contribution in [1.29, 1.82) is 0 Å². The van der Waals surface area contributed by atoms with Crippen molar-refractivity contribution in [3.8, 4) is 0 Å². The minimum Gasteiger partial charge on any atom is -0.383 e. The minimum atomic E-state index is 0.235. The first-order valence-electron chi connectivity index (χ1n) is 5.85. The summed E-state index contributed by atoms with van der Waals surface area (Å²) in [6.07, 6.45) is 1.61. The minimum absolute atomic E-state index is 0.235. The fourth-order valence-electron chi connectivity index (χ4n) is 1.49. The molecule has 0 aliphatic carbocycles. The maximum absolute atomic E-state index is 5.88. The summed E-state index contributed by atoms with van der Waals surface area (Å²) in [5.74, 6) is 2.96. The van der Waals surface area contributed by atoms with Gasteiger partial charge in [-0.2, -0.15) is 0 Å². The number of rotatable bonds is 4. The molecule has 0 bridgehead atoms. The monoisotopic (exact) mass is 247 g/mol. The smallest absolute Gasteiger partial charge is 0.155 e. The maximum Gasteiger partial charge on any atom is 0.155 e. The summed E-state index contributed by atoms with van der Waals surface area (Å²) in [5.41, 5.74) is 6.73. The third kappa shape index (κ3) is 2.58. The molecule has 2 aromatic rings. The SMILES string of the molecule is Cc1c(N)nc(C(C)C)nc1NCc1ccno1. The Bertz CT molecular complexity index is 522. The lowest BCUT2D eigenvalue weighted by Crippen LogP contribution is -2.10. The Morgan fingerprint density at radius 1 is 1.39 bits per heavy atom. The molecule has 0 aliphatic heterocycles. The van der Waals surface area contributed by atoms with E-state index in [1.165, 1.54) is 0 Å². The number of nitrogen functional groups attached to an aromatic ring is 1. The number of hydrogen-bond donors (Lipinski definition) is 2. The lowest BCUT2D eigenvalue weighted by Gasteiger charge is -2.12. The van der Waals surface area contributed by atoms with Crippen LogP contribution in [0.25, 0.3) is 0 Å². The van der Waals surface area contributed by atoms with Crippen LogP contribution in [0.1, 0.15) is 36.9 Å². The molecule has 0 aromatic carbocycles. The highest BCUT2D eigenvalue weighted by molar-refractivity contribution is 5.54. The molecule has 0 saturated heterocycles. The summed E-state index contributed by atoms with van der Waals surface area (Å²) in [4.78, 5) is 8.74. The lowest BCUT2D eigenvalue weighted by atomic mass is 10.2. The van der Waals surface area contributed by atoms with E-state index in [1.54, 1.807) is 12.3 Å². The van der Waals surface area contributed by atoms with Crippen LogP contribution < -0.4 is 11.1 Å². The van der Waals surface area contributed by atoms with Crippen molar-refractivity contribution in [3.63, 3.8) is 0 Å². The lowest BCUT2D eigenvalue weighted by molar-refractivity contribution is 0.388. The molecule has 2 heterocycles. The molecule has 96 valence electrons. The van der Waals surface area contributed by atoms with Crippen molar-refractivity contribution >= 4 is 11.6 Å². The standard InChI is InChI=1S/C12H17N5O/c1-7(2)11-16-10(13)8(3)12(17-11)14-6-9-4-5-15-18-9/h4-5,7H,6H2,1-3H3,(H3,13,14,16,17). The van der Waals surface area contributed by atoms with Crippen molar-refractivity contribution in [2.45, 2.75) is 33.2 Å². The highest BCUT2D eigenvalue weighted by atomic mass is 16.5. The molecule has 2 aromatic heterocycles. The molecule has 6 heteroatoms. The second kappa shape index (κ2) is 5.03. The van der Waals surface area contributed by atoms with Crippen molar-refractivity contribution < 1.29 is 4.52 Å². The number of nitrogens with two attached hydrogens (primary N) is 1. The number of nitrogens with one attached hydrogen (secondary N) is 1. The predicted molar refractivity (Wildman–Crippen MR) is 69.1 cm³/mol. The van der Waals surface area contributed by atoms with E-state index in [0.29, 0.717) is 12.4 Å². The van der Waals surface area contributed by atoms with E-state index < -0.39 is 0 Å². The van der Waals surface area contributed by atoms with Crippen molar-refractivity contribution in [3.05, 3.63) is 29.4 Å². The second-order valence-electron chi connectivity index (χ2n) is 4.43. The zero-order valence-electron chi connectivity index (χ0n) is 10.8. The van der Waals surface area contributed by atoms with Crippen molar-refractivity contribution in [2.75, 3.05) is 11.1 Å². The fourth-order valence-corrected chi connectivity index (χ4v) is 1.49. The van der Waals surface area contributed by atoms with Gasteiger partial charge in [0.25, 0.3) is 0 Å². The maximum atomic E-state index is 5.88. The van der Waals surface area contributed by atoms with Gasteiger partial charge in [-0.1, -0.05) is 19.0 Å². The number of aromatic nitrogens is 3. The largest absolute Gasteiger partial charge is 0.383 e. The third-order valence-electron chi connectivity index (χ3n) is 2.64. The Labute approximate surface area is 106 Å². The van der Waals surface area contributed by atoms with Crippen LogP contribution in [0.4, 0.5) is 11.6 Å². The van der Waals surface area contributed by atoms with Crippen LogP contribution in [0.15, 0.2) is 16.8 Å². The molecule has 0 fully saturated rings. The summed E-state index contributed by atoms with van der Waals surface area (Å²) in [7, 11) is 0. The van der Waals surface area contributed by atoms with Gasteiger partial charge in [-0.05, 0) is 6.92 Å². The van der Waals surface area contributed by atoms with Crippen LogP contribution in [-0.2, 0) is 6.54 Å². The molecule has 0 unspecified atom stereocenters. The Morgan fingerprint density at radius 3 is 2.78 bits per heavy atom. The highest BCUT2D eigenvalue weighted by Crippen LogP contribution is 2.21. The first-order chi connectivity index (χ1) is 8.58. The molecule has 0 radical (unpaired) electrons. The van der Waals surface area contributed by atoms with E-state index in [9.17, 15) is 0 Å². The Morgan fingerprint density at radius 2 is 2.17 bits per heavy atom. The highest BCUT2D eigenvalue weighted by Gasteiger charge is 2.11. The van der Waals surface area contributed by atoms with Crippen LogP contribution in [0.2, 0.25) is 0 Å². The normalized spacial score (nSPS) is 10.9. The van der Waals surface area contributed by atoms with Gasteiger partial charge in [0.1, 0.15) is 17.5 Å². The third-order valence-corrected chi connectivity index (χ3v) is 2.64. The van der Waals surface area contributed by atoms with E-state index in [0.717, 1.165) is 23.0 Å². The molecular formula is C12H17N5O. The van der Waals surface area contributed by atoms with E-state index >= 15 is 0 Å². The molecule has 18 heavy (non-hydrogen) atoms.